The lowest BCUT2D eigenvalue weighted by atomic mass is 10.1. The van der Waals surface area contributed by atoms with E-state index in [9.17, 15) is 4.79 Å². The zero-order valence-corrected chi connectivity index (χ0v) is 11.1. The van der Waals surface area contributed by atoms with E-state index < -0.39 is 0 Å². The molecule has 1 unspecified atom stereocenters. The molecule has 17 heavy (non-hydrogen) atoms. The second-order valence-electron chi connectivity index (χ2n) is 4.26. The molecule has 0 saturated heterocycles. The van der Waals surface area contributed by atoms with Gasteiger partial charge in [0.2, 0.25) is 0 Å². The second-order valence-corrected chi connectivity index (χ2v) is 4.66. The van der Waals surface area contributed by atoms with E-state index in [0.717, 1.165) is 19.3 Å². The topological polar surface area (TPSA) is 55.1 Å². The summed E-state index contributed by atoms with van der Waals surface area (Å²) in [4.78, 5) is 11.9. The minimum atomic E-state index is -0.140. The van der Waals surface area contributed by atoms with E-state index >= 15 is 0 Å². The van der Waals surface area contributed by atoms with Gasteiger partial charge in [0.25, 0.3) is 5.91 Å². The maximum Gasteiger partial charge on any atom is 0.253 e. The minimum Gasteiger partial charge on any atom is -0.399 e. The van der Waals surface area contributed by atoms with Gasteiger partial charge in [0, 0.05) is 11.7 Å². The number of amides is 1. The summed E-state index contributed by atoms with van der Waals surface area (Å²) in [6.07, 6.45) is 3.22. The molecule has 0 fully saturated rings. The van der Waals surface area contributed by atoms with E-state index in [-0.39, 0.29) is 11.9 Å². The van der Waals surface area contributed by atoms with Crippen LogP contribution in [0.3, 0.4) is 0 Å². The summed E-state index contributed by atoms with van der Waals surface area (Å²) in [7, 11) is 0. The van der Waals surface area contributed by atoms with Crippen molar-refractivity contribution in [3.63, 3.8) is 0 Å². The van der Waals surface area contributed by atoms with Crippen molar-refractivity contribution >= 4 is 23.2 Å². The highest BCUT2D eigenvalue weighted by atomic mass is 35.5. The van der Waals surface area contributed by atoms with Crippen molar-refractivity contribution in [2.24, 2.45) is 0 Å². The number of hydrogen-bond acceptors (Lipinski definition) is 2. The molecular weight excluding hydrogens is 236 g/mol. The first kappa shape index (κ1) is 13.8. The van der Waals surface area contributed by atoms with Crippen LogP contribution in [0.1, 0.15) is 43.5 Å². The van der Waals surface area contributed by atoms with E-state index in [1.54, 1.807) is 18.2 Å². The molecule has 1 rings (SSSR count). The number of nitrogen functional groups attached to an aromatic ring is 1. The van der Waals surface area contributed by atoms with Crippen LogP contribution < -0.4 is 11.1 Å². The smallest absolute Gasteiger partial charge is 0.253 e. The lowest BCUT2D eigenvalue weighted by Gasteiger charge is -2.14. The van der Waals surface area contributed by atoms with Gasteiger partial charge < -0.3 is 11.1 Å². The number of benzene rings is 1. The zero-order valence-electron chi connectivity index (χ0n) is 10.3. The standard InChI is InChI=1S/C13H19ClN2O/c1-3-4-5-9(2)16-13(17)11-7-6-10(15)8-12(11)14/h6-9H,3-5,15H2,1-2H3,(H,16,17). The fraction of sp³-hybridized carbons (Fsp3) is 0.462. The summed E-state index contributed by atoms with van der Waals surface area (Å²) in [5.74, 6) is -0.140. The molecule has 0 aliphatic heterocycles. The van der Waals surface area contributed by atoms with Gasteiger partial charge in [0.15, 0.2) is 0 Å². The summed E-state index contributed by atoms with van der Waals surface area (Å²) in [5.41, 5.74) is 6.62. The van der Waals surface area contributed by atoms with Gasteiger partial charge in [-0.2, -0.15) is 0 Å². The monoisotopic (exact) mass is 254 g/mol. The molecule has 0 aromatic heterocycles. The summed E-state index contributed by atoms with van der Waals surface area (Å²) < 4.78 is 0. The van der Waals surface area contributed by atoms with Crippen LogP contribution >= 0.6 is 11.6 Å². The quantitative estimate of drug-likeness (QED) is 0.793. The molecule has 1 amide bonds. The van der Waals surface area contributed by atoms with Crippen LogP contribution in [-0.2, 0) is 0 Å². The Morgan fingerprint density at radius 3 is 2.82 bits per heavy atom. The maximum atomic E-state index is 11.9. The molecule has 3 N–H and O–H groups in total. The van der Waals surface area contributed by atoms with E-state index in [2.05, 4.69) is 12.2 Å². The third-order valence-electron chi connectivity index (χ3n) is 2.61. The van der Waals surface area contributed by atoms with Gasteiger partial charge in [-0.1, -0.05) is 31.4 Å². The fourth-order valence-electron chi connectivity index (χ4n) is 1.60. The van der Waals surface area contributed by atoms with E-state index in [1.807, 2.05) is 6.92 Å². The molecule has 1 aromatic rings. The largest absolute Gasteiger partial charge is 0.399 e. The van der Waals surface area contributed by atoms with E-state index in [4.69, 9.17) is 17.3 Å². The number of carbonyl (C=O) groups excluding carboxylic acids is 1. The number of halogens is 1. The molecule has 4 heteroatoms. The average Bonchev–Trinajstić information content (AvgIpc) is 2.26. The van der Waals surface area contributed by atoms with Crippen molar-refractivity contribution < 1.29 is 4.79 Å². The van der Waals surface area contributed by atoms with Crippen LogP contribution in [0.15, 0.2) is 18.2 Å². The third kappa shape index (κ3) is 4.27. The number of nitrogens with two attached hydrogens (primary N) is 1. The predicted molar refractivity (Wildman–Crippen MR) is 72.3 cm³/mol. The van der Waals surface area contributed by atoms with E-state index in [0.29, 0.717) is 16.3 Å². The Kier molecular flexibility index (Phi) is 5.29. The van der Waals surface area contributed by atoms with E-state index in [1.165, 1.54) is 0 Å². The molecular formula is C13H19ClN2O. The molecule has 94 valence electrons. The lowest BCUT2D eigenvalue weighted by Crippen LogP contribution is -2.32. The number of anilines is 1. The highest BCUT2D eigenvalue weighted by Gasteiger charge is 2.12. The number of hydrogen-bond donors (Lipinski definition) is 2. The second kappa shape index (κ2) is 6.50. The van der Waals surface area contributed by atoms with Crippen molar-refractivity contribution in [2.75, 3.05) is 5.73 Å². The molecule has 3 nitrogen and oxygen atoms in total. The maximum absolute atomic E-state index is 11.9. The highest BCUT2D eigenvalue weighted by Crippen LogP contribution is 2.19. The van der Waals surface area contributed by atoms with Crippen LogP contribution in [0.2, 0.25) is 5.02 Å². The first-order valence-electron chi connectivity index (χ1n) is 5.90. The molecule has 0 saturated carbocycles. The SMILES string of the molecule is CCCCC(C)NC(=O)c1ccc(N)cc1Cl. The molecule has 0 aliphatic rings. The van der Waals surface area contributed by atoms with Gasteiger partial charge in [0.1, 0.15) is 0 Å². The Hall–Kier alpha value is -1.22. The predicted octanol–water partition coefficient (Wildman–Crippen LogP) is 3.23. The van der Waals surface area contributed by atoms with Crippen molar-refractivity contribution in [2.45, 2.75) is 39.2 Å². The van der Waals surface area contributed by atoms with Gasteiger partial charge in [-0.15, -0.1) is 0 Å². The summed E-state index contributed by atoms with van der Waals surface area (Å²) in [6, 6.07) is 5.08. The first-order valence-corrected chi connectivity index (χ1v) is 6.28. The van der Waals surface area contributed by atoms with Crippen LogP contribution in [0.25, 0.3) is 0 Å². The minimum absolute atomic E-state index is 0.140. The first-order chi connectivity index (χ1) is 8.04. The number of unbranched alkanes of at least 4 members (excludes halogenated alkanes) is 1. The molecule has 0 spiro atoms. The fourth-order valence-corrected chi connectivity index (χ4v) is 1.87. The highest BCUT2D eigenvalue weighted by molar-refractivity contribution is 6.34. The van der Waals surface area contributed by atoms with Crippen LogP contribution in [0.5, 0.6) is 0 Å². The van der Waals surface area contributed by atoms with Crippen molar-refractivity contribution in [1.29, 1.82) is 0 Å². The van der Waals surface area contributed by atoms with Crippen molar-refractivity contribution in [3.05, 3.63) is 28.8 Å². The summed E-state index contributed by atoms with van der Waals surface area (Å²) in [5, 5.41) is 3.32. The number of nitrogens with one attached hydrogen (secondary N) is 1. The Labute approximate surface area is 107 Å². The molecule has 0 radical (unpaired) electrons. The van der Waals surface area contributed by atoms with Crippen LogP contribution in [-0.4, -0.2) is 11.9 Å². The van der Waals surface area contributed by atoms with Gasteiger partial charge in [-0.3, -0.25) is 4.79 Å². The van der Waals surface area contributed by atoms with Gasteiger partial charge in [-0.05, 0) is 31.5 Å². The lowest BCUT2D eigenvalue weighted by molar-refractivity contribution is 0.0938. The number of rotatable bonds is 5. The van der Waals surface area contributed by atoms with Crippen molar-refractivity contribution in [1.82, 2.24) is 5.32 Å². The molecule has 0 heterocycles. The average molecular weight is 255 g/mol. The molecule has 0 bridgehead atoms. The van der Waals surface area contributed by atoms with Gasteiger partial charge >= 0.3 is 0 Å². The number of carbonyl (C=O) groups is 1. The molecule has 1 aromatic carbocycles. The Morgan fingerprint density at radius 1 is 1.53 bits per heavy atom. The third-order valence-corrected chi connectivity index (χ3v) is 2.92. The van der Waals surface area contributed by atoms with Gasteiger partial charge in [0.05, 0.1) is 10.6 Å². The molecule has 0 aliphatic carbocycles. The normalized spacial score (nSPS) is 12.2. The Morgan fingerprint density at radius 2 is 2.24 bits per heavy atom. The zero-order chi connectivity index (χ0) is 12.8. The Bertz CT molecular complexity index is 393. The summed E-state index contributed by atoms with van der Waals surface area (Å²) >= 11 is 5.97. The van der Waals surface area contributed by atoms with Crippen LogP contribution in [0, 0.1) is 0 Å². The van der Waals surface area contributed by atoms with Crippen LogP contribution in [0.4, 0.5) is 5.69 Å². The summed E-state index contributed by atoms with van der Waals surface area (Å²) in [6.45, 7) is 4.13. The molecule has 1 atom stereocenters. The van der Waals surface area contributed by atoms with Gasteiger partial charge in [-0.25, -0.2) is 0 Å². The Balaban J connectivity index is 2.63. The van der Waals surface area contributed by atoms with Crippen molar-refractivity contribution in [3.8, 4) is 0 Å².